The van der Waals surface area contributed by atoms with E-state index in [1.54, 1.807) is 6.92 Å². The van der Waals surface area contributed by atoms with Crippen molar-refractivity contribution in [3.05, 3.63) is 105 Å². The molecule has 0 atom stereocenters. The highest BCUT2D eigenvalue weighted by molar-refractivity contribution is 5.77. The van der Waals surface area contributed by atoms with Crippen LogP contribution in [-0.2, 0) is 25.7 Å². The van der Waals surface area contributed by atoms with E-state index < -0.39 is 11.6 Å². The van der Waals surface area contributed by atoms with Gasteiger partial charge in [0, 0.05) is 43.4 Å². The second-order valence-corrected chi connectivity index (χ2v) is 10.8. The molecule has 0 aliphatic carbocycles. The van der Waals surface area contributed by atoms with E-state index in [0.29, 0.717) is 68.8 Å². The summed E-state index contributed by atoms with van der Waals surface area (Å²) in [5.74, 6) is 10.5. The molecule has 0 aliphatic rings. The van der Waals surface area contributed by atoms with Gasteiger partial charge >= 0.3 is 0 Å². The van der Waals surface area contributed by atoms with Gasteiger partial charge in [0.15, 0.2) is 17.9 Å². The van der Waals surface area contributed by atoms with Crippen molar-refractivity contribution in [1.82, 2.24) is 0 Å². The van der Waals surface area contributed by atoms with E-state index in [0.717, 1.165) is 28.3 Å². The molecule has 0 spiro atoms. The summed E-state index contributed by atoms with van der Waals surface area (Å²) in [5, 5.41) is 0. The number of hydrogen-bond acceptors (Lipinski definition) is 4. The minimum absolute atomic E-state index is 0.000393. The standard InChI is InChI=1S/C35H41F2N11/c1-22(38)45-10-6-25-14-23(15-26(18-25)7-11-46-33(39)40)2-4-29-20-30(32(37)21-31(29)36)5-3-24-16-27(8-12-47-34(41)42)19-28(17-24)9-13-48-35(43)44/h14-21H,6-13H2,1H3,(H2,38,45)(H4,39,40,46)(H4,41,42,47)(H4,43,44,48). The van der Waals surface area contributed by atoms with Gasteiger partial charge in [-0.25, -0.2) is 8.78 Å². The Morgan fingerprint density at radius 3 is 1.12 bits per heavy atom. The summed E-state index contributed by atoms with van der Waals surface area (Å²) in [6.07, 6.45) is 2.28. The van der Waals surface area contributed by atoms with E-state index in [-0.39, 0.29) is 29.0 Å². The molecule has 0 aliphatic heterocycles. The molecule has 0 radical (unpaired) electrons. The third-order valence-electron chi connectivity index (χ3n) is 6.69. The summed E-state index contributed by atoms with van der Waals surface area (Å²) in [5.41, 5.74) is 43.4. The average Bonchev–Trinajstić information content (AvgIpc) is 2.99. The predicted octanol–water partition coefficient (Wildman–Crippen LogP) is 1.13. The highest BCUT2D eigenvalue weighted by Gasteiger charge is 2.08. The monoisotopic (exact) mass is 653 g/mol. The lowest BCUT2D eigenvalue weighted by Crippen LogP contribution is -2.23. The van der Waals surface area contributed by atoms with Gasteiger partial charge in [-0.2, -0.15) is 0 Å². The summed E-state index contributed by atoms with van der Waals surface area (Å²) in [6.45, 7) is 3.37. The van der Waals surface area contributed by atoms with Crippen LogP contribution in [0.5, 0.6) is 0 Å². The fourth-order valence-electron chi connectivity index (χ4n) is 4.57. The Hall–Kier alpha value is -6.08. The second kappa shape index (κ2) is 18.2. The highest BCUT2D eigenvalue weighted by atomic mass is 19.1. The molecule has 3 aromatic rings. The van der Waals surface area contributed by atoms with Crippen LogP contribution >= 0.6 is 0 Å². The fourth-order valence-corrected chi connectivity index (χ4v) is 4.57. The lowest BCUT2D eigenvalue weighted by Gasteiger charge is -2.06. The first-order valence-electron chi connectivity index (χ1n) is 15.1. The minimum atomic E-state index is -0.804. The minimum Gasteiger partial charge on any atom is -0.388 e. The number of benzene rings is 3. The Bertz CT molecular complexity index is 1630. The maximum absolute atomic E-state index is 14.9. The molecule has 3 aromatic carbocycles. The molecule has 0 amide bonds. The van der Waals surface area contributed by atoms with Gasteiger partial charge in [-0.05, 0) is 85.2 Å². The molecule has 11 nitrogen and oxygen atoms in total. The molecule has 0 aromatic heterocycles. The number of aliphatic imine (C=N–C) groups is 4. The summed E-state index contributed by atoms with van der Waals surface area (Å²) >= 11 is 0. The Kier molecular flexibility index (Phi) is 13.8. The zero-order valence-corrected chi connectivity index (χ0v) is 26.9. The lowest BCUT2D eigenvalue weighted by molar-refractivity contribution is 0.579. The van der Waals surface area contributed by atoms with E-state index in [9.17, 15) is 8.78 Å². The smallest absolute Gasteiger partial charge is 0.185 e. The number of nitrogens with two attached hydrogens (primary N) is 7. The SMILES string of the molecule is CC(N)=NCCc1cc(C#Cc2cc(C#Cc3cc(CCN=C(N)N)cc(CCN=C(N)N)c3)c(F)cc2F)cc(CCN=C(N)N)c1. The predicted molar refractivity (Wildman–Crippen MR) is 190 cm³/mol. The van der Waals surface area contributed by atoms with Crippen LogP contribution in [0.4, 0.5) is 8.78 Å². The highest BCUT2D eigenvalue weighted by Crippen LogP contribution is 2.17. The van der Waals surface area contributed by atoms with Crippen molar-refractivity contribution in [2.45, 2.75) is 32.6 Å². The van der Waals surface area contributed by atoms with Crippen LogP contribution in [0.3, 0.4) is 0 Å². The number of hydrogen-bond donors (Lipinski definition) is 7. The Balaban J connectivity index is 1.95. The molecular formula is C35H41F2N11. The van der Waals surface area contributed by atoms with Crippen molar-refractivity contribution < 1.29 is 8.78 Å². The van der Waals surface area contributed by atoms with Crippen molar-refractivity contribution in [2.24, 2.45) is 60.1 Å². The van der Waals surface area contributed by atoms with E-state index in [2.05, 4.69) is 43.7 Å². The van der Waals surface area contributed by atoms with Crippen molar-refractivity contribution in [3.63, 3.8) is 0 Å². The van der Waals surface area contributed by atoms with E-state index >= 15 is 0 Å². The summed E-state index contributed by atoms with van der Waals surface area (Å²) in [6, 6.07) is 13.6. The molecule has 0 saturated carbocycles. The molecule has 0 bridgehead atoms. The van der Waals surface area contributed by atoms with Crippen LogP contribution in [0.15, 0.2) is 68.5 Å². The molecule has 0 saturated heterocycles. The maximum Gasteiger partial charge on any atom is 0.185 e. The lowest BCUT2D eigenvalue weighted by atomic mass is 10.0. The largest absolute Gasteiger partial charge is 0.388 e. The molecule has 0 heterocycles. The van der Waals surface area contributed by atoms with Crippen LogP contribution in [0, 0.1) is 35.3 Å². The third-order valence-corrected chi connectivity index (χ3v) is 6.69. The van der Waals surface area contributed by atoms with E-state index in [1.807, 2.05) is 36.4 Å². The molecule has 48 heavy (non-hydrogen) atoms. The molecule has 0 fully saturated rings. The van der Waals surface area contributed by atoms with Crippen molar-refractivity contribution in [2.75, 3.05) is 26.2 Å². The Labute approximate surface area is 279 Å². The van der Waals surface area contributed by atoms with Gasteiger partial charge in [0.2, 0.25) is 0 Å². The average molecular weight is 654 g/mol. The first kappa shape index (κ1) is 36.4. The molecule has 0 unspecified atom stereocenters. The van der Waals surface area contributed by atoms with Gasteiger partial charge in [0.1, 0.15) is 11.6 Å². The van der Waals surface area contributed by atoms with Crippen LogP contribution in [0.2, 0.25) is 0 Å². The Morgan fingerprint density at radius 1 is 0.479 bits per heavy atom. The molecule has 14 N–H and O–H groups in total. The summed E-state index contributed by atoms with van der Waals surface area (Å²) in [7, 11) is 0. The van der Waals surface area contributed by atoms with Gasteiger partial charge in [-0.1, -0.05) is 35.8 Å². The fraction of sp³-hybridized carbons (Fsp3) is 0.257. The topological polar surface area (TPSA) is 232 Å². The normalized spacial score (nSPS) is 10.6. The number of halogens is 2. The van der Waals surface area contributed by atoms with Crippen molar-refractivity contribution >= 4 is 23.7 Å². The van der Waals surface area contributed by atoms with Gasteiger partial charge in [0.25, 0.3) is 0 Å². The van der Waals surface area contributed by atoms with Gasteiger partial charge < -0.3 is 40.1 Å². The first-order valence-corrected chi connectivity index (χ1v) is 15.1. The Morgan fingerprint density at radius 2 is 0.812 bits per heavy atom. The number of guanidine groups is 3. The quantitative estimate of drug-likeness (QED) is 0.0855. The molecule has 3 rings (SSSR count). The van der Waals surface area contributed by atoms with Crippen molar-refractivity contribution in [1.29, 1.82) is 0 Å². The third kappa shape index (κ3) is 13.1. The number of amidine groups is 1. The number of nitrogens with zero attached hydrogens (tertiary/aromatic N) is 4. The first-order chi connectivity index (χ1) is 22.9. The van der Waals surface area contributed by atoms with Crippen LogP contribution in [0.25, 0.3) is 0 Å². The van der Waals surface area contributed by atoms with E-state index in [4.69, 9.17) is 40.1 Å². The van der Waals surface area contributed by atoms with Crippen molar-refractivity contribution in [3.8, 4) is 23.7 Å². The van der Waals surface area contributed by atoms with Gasteiger partial charge in [0.05, 0.1) is 17.0 Å². The van der Waals surface area contributed by atoms with Crippen LogP contribution in [-0.4, -0.2) is 49.9 Å². The zero-order chi connectivity index (χ0) is 35.1. The molecule has 250 valence electrons. The van der Waals surface area contributed by atoms with Gasteiger partial charge in [-0.15, -0.1) is 0 Å². The van der Waals surface area contributed by atoms with Crippen LogP contribution < -0.4 is 40.1 Å². The summed E-state index contributed by atoms with van der Waals surface area (Å²) < 4.78 is 29.8. The zero-order valence-electron chi connectivity index (χ0n) is 26.9. The second-order valence-electron chi connectivity index (χ2n) is 10.8. The molecule has 13 heteroatoms. The molecular weight excluding hydrogens is 612 g/mol. The van der Waals surface area contributed by atoms with Gasteiger partial charge in [-0.3, -0.25) is 20.0 Å². The maximum atomic E-state index is 14.9. The van der Waals surface area contributed by atoms with Crippen LogP contribution in [0.1, 0.15) is 51.4 Å². The number of rotatable bonds is 12. The summed E-state index contributed by atoms with van der Waals surface area (Å²) in [4.78, 5) is 16.4. The van der Waals surface area contributed by atoms with E-state index in [1.165, 1.54) is 6.07 Å².